The van der Waals surface area contributed by atoms with Crippen LogP contribution >= 0.6 is 11.3 Å². The average Bonchev–Trinajstić information content (AvgIpc) is 3.13. The Labute approximate surface area is 117 Å². The van der Waals surface area contributed by atoms with Crippen LogP contribution < -0.4 is 5.32 Å². The Hall–Kier alpha value is -1.13. The van der Waals surface area contributed by atoms with E-state index in [2.05, 4.69) is 5.32 Å². The Balaban J connectivity index is 1.60. The SMILES string of the molecule is O=C(/C=C/c1cccs1)NC1C2CCC(C2)C1CO. The van der Waals surface area contributed by atoms with Crippen molar-refractivity contribution in [2.24, 2.45) is 17.8 Å². The second-order valence-electron chi connectivity index (χ2n) is 5.56. The number of aliphatic hydroxyl groups is 1. The van der Waals surface area contributed by atoms with Gasteiger partial charge in [0.25, 0.3) is 0 Å². The van der Waals surface area contributed by atoms with Crippen LogP contribution in [-0.4, -0.2) is 23.7 Å². The third kappa shape index (κ3) is 2.60. The van der Waals surface area contributed by atoms with Gasteiger partial charge in [0.15, 0.2) is 0 Å². The van der Waals surface area contributed by atoms with Crippen molar-refractivity contribution in [1.82, 2.24) is 5.32 Å². The first-order chi connectivity index (χ1) is 9.28. The first kappa shape index (κ1) is 12.9. The predicted molar refractivity (Wildman–Crippen MR) is 76.7 cm³/mol. The number of rotatable bonds is 4. The molecule has 0 aromatic carbocycles. The van der Waals surface area contributed by atoms with E-state index >= 15 is 0 Å². The molecule has 2 saturated carbocycles. The molecule has 0 saturated heterocycles. The second kappa shape index (κ2) is 5.47. The van der Waals surface area contributed by atoms with Crippen molar-refractivity contribution in [2.45, 2.75) is 25.3 Å². The maximum Gasteiger partial charge on any atom is 0.244 e. The van der Waals surface area contributed by atoms with Gasteiger partial charge < -0.3 is 10.4 Å². The molecule has 2 aliphatic carbocycles. The summed E-state index contributed by atoms with van der Waals surface area (Å²) in [5.74, 6) is 1.41. The van der Waals surface area contributed by atoms with E-state index in [1.807, 2.05) is 23.6 Å². The second-order valence-corrected chi connectivity index (χ2v) is 6.54. The van der Waals surface area contributed by atoms with Crippen molar-refractivity contribution >= 4 is 23.3 Å². The molecule has 0 spiro atoms. The van der Waals surface area contributed by atoms with Gasteiger partial charge in [0.1, 0.15) is 0 Å². The number of carbonyl (C=O) groups is 1. The van der Waals surface area contributed by atoms with Gasteiger partial charge in [-0.2, -0.15) is 0 Å². The van der Waals surface area contributed by atoms with E-state index in [1.165, 1.54) is 19.3 Å². The molecule has 1 aromatic heterocycles. The molecule has 1 heterocycles. The molecule has 3 rings (SSSR count). The Morgan fingerprint density at radius 3 is 3.05 bits per heavy atom. The number of hydrogen-bond acceptors (Lipinski definition) is 3. The van der Waals surface area contributed by atoms with Crippen LogP contribution in [0.15, 0.2) is 23.6 Å². The van der Waals surface area contributed by atoms with Gasteiger partial charge in [0, 0.05) is 29.5 Å². The lowest BCUT2D eigenvalue weighted by Gasteiger charge is -2.30. The minimum atomic E-state index is -0.0376. The smallest absolute Gasteiger partial charge is 0.244 e. The van der Waals surface area contributed by atoms with Gasteiger partial charge >= 0.3 is 0 Å². The fourth-order valence-corrected chi connectivity index (χ4v) is 4.27. The molecule has 4 heteroatoms. The molecule has 102 valence electrons. The monoisotopic (exact) mass is 277 g/mol. The molecule has 4 atom stereocenters. The summed E-state index contributed by atoms with van der Waals surface area (Å²) < 4.78 is 0. The highest BCUT2D eigenvalue weighted by molar-refractivity contribution is 7.10. The molecule has 1 amide bonds. The predicted octanol–water partition coefficient (Wildman–Crippen LogP) is 2.28. The summed E-state index contributed by atoms with van der Waals surface area (Å²) >= 11 is 1.62. The lowest BCUT2D eigenvalue weighted by Crippen LogP contribution is -2.44. The Morgan fingerprint density at radius 1 is 1.47 bits per heavy atom. The number of carbonyl (C=O) groups excluding carboxylic acids is 1. The lowest BCUT2D eigenvalue weighted by molar-refractivity contribution is -0.117. The van der Waals surface area contributed by atoms with Crippen LogP contribution in [0.3, 0.4) is 0 Å². The van der Waals surface area contributed by atoms with E-state index in [0.29, 0.717) is 11.8 Å². The minimum absolute atomic E-state index is 0.0376. The Kier molecular flexibility index (Phi) is 3.71. The van der Waals surface area contributed by atoms with Gasteiger partial charge in [-0.05, 0) is 48.6 Å². The molecule has 0 radical (unpaired) electrons. The third-order valence-corrected chi connectivity index (χ3v) is 5.39. The highest BCUT2D eigenvalue weighted by Gasteiger charge is 2.47. The van der Waals surface area contributed by atoms with Crippen LogP contribution in [0.25, 0.3) is 6.08 Å². The molecular weight excluding hydrogens is 258 g/mol. The summed E-state index contributed by atoms with van der Waals surface area (Å²) in [7, 11) is 0. The normalized spacial score (nSPS) is 33.1. The van der Waals surface area contributed by atoms with E-state index < -0.39 is 0 Å². The van der Waals surface area contributed by atoms with E-state index in [0.717, 1.165) is 4.88 Å². The van der Waals surface area contributed by atoms with Crippen LogP contribution in [0.1, 0.15) is 24.1 Å². The van der Waals surface area contributed by atoms with Gasteiger partial charge in [-0.1, -0.05) is 6.07 Å². The van der Waals surface area contributed by atoms with Gasteiger partial charge in [-0.15, -0.1) is 11.3 Å². The highest BCUT2D eigenvalue weighted by atomic mass is 32.1. The van der Waals surface area contributed by atoms with Crippen molar-refractivity contribution in [3.05, 3.63) is 28.5 Å². The summed E-state index contributed by atoms with van der Waals surface area (Å²) in [4.78, 5) is 13.0. The number of nitrogens with one attached hydrogen (secondary N) is 1. The highest BCUT2D eigenvalue weighted by Crippen LogP contribution is 2.48. The Morgan fingerprint density at radius 2 is 2.32 bits per heavy atom. The van der Waals surface area contributed by atoms with Crippen LogP contribution in [0.2, 0.25) is 0 Å². The number of fused-ring (bicyclic) bond motifs is 2. The molecule has 2 fully saturated rings. The van der Waals surface area contributed by atoms with Gasteiger partial charge in [-0.25, -0.2) is 0 Å². The standard InChI is InChI=1S/C15H19NO2S/c17-9-13-10-3-4-11(8-10)15(13)16-14(18)6-5-12-2-1-7-19-12/h1-2,5-7,10-11,13,15,17H,3-4,8-9H2,(H,16,18)/b6-5+. The Bertz CT molecular complexity index is 468. The van der Waals surface area contributed by atoms with Gasteiger partial charge in [-0.3, -0.25) is 4.79 Å². The number of hydrogen-bond donors (Lipinski definition) is 2. The zero-order valence-electron chi connectivity index (χ0n) is 10.8. The van der Waals surface area contributed by atoms with Crippen LogP contribution in [-0.2, 0) is 4.79 Å². The summed E-state index contributed by atoms with van der Waals surface area (Å²) in [6, 6.07) is 4.13. The lowest BCUT2D eigenvalue weighted by atomic mass is 9.85. The number of thiophene rings is 1. The zero-order chi connectivity index (χ0) is 13.2. The van der Waals surface area contributed by atoms with Gasteiger partial charge in [0.2, 0.25) is 5.91 Å². The molecule has 3 nitrogen and oxygen atoms in total. The maximum atomic E-state index is 12.0. The number of aliphatic hydroxyl groups excluding tert-OH is 1. The molecule has 4 unspecified atom stereocenters. The van der Waals surface area contributed by atoms with Crippen molar-refractivity contribution in [2.75, 3.05) is 6.61 Å². The van der Waals surface area contributed by atoms with Crippen molar-refractivity contribution in [1.29, 1.82) is 0 Å². The maximum absolute atomic E-state index is 12.0. The topological polar surface area (TPSA) is 49.3 Å². The summed E-state index contributed by atoms with van der Waals surface area (Å²) in [5, 5.41) is 14.6. The molecule has 2 bridgehead atoms. The molecule has 19 heavy (non-hydrogen) atoms. The third-order valence-electron chi connectivity index (χ3n) is 4.55. The average molecular weight is 277 g/mol. The van der Waals surface area contributed by atoms with E-state index in [4.69, 9.17) is 0 Å². The quantitative estimate of drug-likeness (QED) is 0.830. The fourth-order valence-electron chi connectivity index (χ4n) is 3.65. The zero-order valence-corrected chi connectivity index (χ0v) is 11.6. The molecule has 0 aliphatic heterocycles. The first-order valence-corrected chi connectivity index (χ1v) is 7.79. The summed E-state index contributed by atoms with van der Waals surface area (Å²) in [6.45, 7) is 0.195. The van der Waals surface area contributed by atoms with Crippen molar-refractivity contribution in [3.63, 3.8) is 0 Å². The van der Waals surface area contributed by atoms with Crippen molar-refractivity contribution in [3.8, 4) is 0 Å². The van der Waals surface area contributed by atoms with Crippen LogP contribution in [0.5, 0.6) is 0 Å². The van der Waals surface area contributed by atoms with E-state index in [-0.39, 0.29) is 24.5 Å². The van der Waals surface area contributed by atoms with Crippen LogP contribution in [0.4, 0.5) is 0 Å². The molecule has 2 aliphatic rings. The minimum Gasteiger partial charge on any atom is -0.396 e. The first-order valence-electron chi connectivity index (χ1n) is 6.91. The summed E-state index contributed by atoms with van der Waals surface area (Å²) in [6.07, 6.45) is 7.03. The van der Waals surface area contributed by atoms with E-state index in [1.54, 1.807) is 17.4 Å². The summed E-state index contributed by atoms with van der Waals surface area (Å²) in [5.41, 5.74) is 0. The van der Waals surface area contributed by atoms with Crippen LogP contribution in [0, 0.1) is 17.8 Å². The largest absolute Gasteiger partial charge is 0.396 e. The number of amides is 1. The van der Waals surface area contributed by atoms with Crippen molar-refractivity contribution < 1.29 is 9.90 Å². The molecular formula is C15H19NO2S. The van der Waals surface area contributed by atoms with E-state index in [9.17, 15) is 9.90 Å². The fraction of sp³-hybridized carbons (Fsp3) is 0.533. The van der Waals surface area contributed by atoms with Gasteiger partial charge in [0.05, 0.1) is 0 Å². The molecule has 2 N–H and O–H groups in total. The molecule has 1 aromatic rings.